The Bertz CT molecular complexity index is 495. The van der Waals surface area contributed by atoms with Gasteiger partial charge < -0.3 is 24.6 Å². The van der Waals surface area contributed by atoms with E-state index >= 15 is 0 Å². The molecule has 0 saturated carbocycles. The summed E-state index contributed by atoms with van der Waals surface area (Å²) in [6, 6.07) is 1.31. The zero-order chi connectivity index (χ0) is 15.3. The number of aromatic nitrogens is 1. The Hall–Kier alpha value is -1.37. The largest absolute Gasteiger partial charge is 0.503 e. The number of hydrogen-bond donors (Lipinski definition) is 2. The van der Waals surface area contributed by atoms with E-state index in [-0.39, 0.29) is 12.4 Å². The number of aromatic hydroxyl groups is 1. The van der Waals surface area contributed by atoms with Crippen LogP contribution in [0.3, 0.4) is 0 Å². The molecule has 0 fully saturated rings. The molecule has 0 amide bonds. The molecule has 2 N–H and O–H groups in total. The number of aliphatic hydroxyl groups excluding tert-OH is 1. The van der Waals surface area contributed by atoms with Gasteiger partial charge in [0.2, 0.25) is 5.43 Å². The van der Waals surface area contributed by atoms with Crippen LogP contribution in [0.2, 0.25) is 0 Å². The first-order chi connectivity index (χ1) is 9.36. The highest BCUT2D eigenvalue weighted by Gasteiger charge is 2.15. The smallest absolute Gasteiger partial charge is 0.223 e. The van der Waals surface area contributed by atoms with E-state index in [0.29, 0.717) is 24.5 Å². The molecule has 6 nitrogen and oxygen atoms in total. The van der Waals surface area contributed by atoms with Gasteiger partial charge in [-0.2, -0.15) is 0 Å². The third-order valence-electron chi connectivity index (χ3n) is 3.09. The fourth-order valence-corrected chi connectivity index (χ4v) is 2.16. The molecule has 0 radical (unpaired) electrons. The van der Waals surface area contributed by atoms with E-state index in [1.54, 1.807) is 0 Å². The quantitative estimate of drug-likeness (QED) is 0.740. The van der Waals surface area contributed by atoms with E-state index in [1.165, 1.54) is 6.07 Å². The maximum atomic E-state index is 11.7. The van der Waals surface area contributed by atoms with Gasteiger partial charge in [0.05, 0.1) is 12.3 Å². The van der Waals surface area contributed by atoms with Crippen LogP contribution in [0, 0.1) is 0 Å². The van der Waals surface area contributed by atoms with Gasteiger partial charge in [0.1, 0.15) is 0 Å². The lowest BCUT2D eigenvalue weighted by atomic mass is 10.2. The first kappa shape index (κ1) is 16.7. The van der Waals surface area contributed by atoms with Gasteiger partial charge in [-0.1, -0.05) is 0 Å². The SMILES string of the molecule is CN(C)CCCn1c(CO)cc(=O)c(O)c1CN(C)C. The summed E-state index contributed by atoms with van der Waals surface area (Å²) in [6.45, 7) is 1.80. The monoisotopic (exact) mass is 283 g/mol. The third-order valence-corrected chi connectivity index (χ3v) is 3.09. The van der Waals surface area contributed by atoms with Crippen LogP contribution in [0.1, 0.15) is 17.8 Å². The van der Waals surface area contributed by atoms with Crippen LogP contribution >= 0.6 is 0 Å². The van der Waals surface area contributed by atoms with E-state index in [4.69, 9.17) is 0 Å². The number of rotatable bonds is 7. The van der Waals surface area contributed by atoms with Crippen molar-refractivity contribution in [3.05, 3.63) is 27.7 Å². The second-order valence-corrected chi connectivity index (χ2v) is 5.50. The summed E-state index contributed by atoms with van der Waals surface area (Å²) >= 11 is 0. The Morgan fingerprint density at radius 3 is 2.35 bits per heavy atom. The van der Waals surface area contributed by atoms with Crippen LogP contribution in [-0.4, -0.2) is 59.3 Å². The Morgan fingerprint density at radius 2 is 1.85 bits per heavy atom. The van der Waals surface area contributed by atoms with E-state index in [1.807, 2.05) is 37.7 Å². The van der Waals surface area contributed by atoms with Gasteiger partial charge in [-0.05, 0) is 41.2 Å². The van der Waals surface area contributed by atoms with Crippen molar-refractivity contribution >= 4 is 0 Å². The van der Waals surface area contributed by atoms with Crippen LogP contribution in [0.5, 0.6) is 5.75 Å². The van der Waals surface area contributed by atoms with Gasteiger partial charge in [0.15, 0.2) is 5.75 Å². The topological polar surface area (TPSA) is 68.9 Å². The van der Waals surface area contributed by atoms with Crippen molar-refractivity contribution in [2.75, 3.05) is 34.7 Å². The van der Waals surface area contributed by atoms with Gasteiger partial charge in [0.25, 0.3) is 0 Å². The van der Waals surface area contributed by atoms with Crippen LogP contribution in [0.4, 0.5) is 0 Å². The maximum absolute atomic E-state index is 11.7. The van der Waals surface area contributed by atoms with Crippen LogP contribution in [0.15, 0.2) is 10.9 Å². The molecule has 0 aromatic carbocycles. The fourth-order valence-electron chi connectivity index (χ4n) is 2.16. The van der Waals surface area contributed by atoms with Crippen LogP contribution in [-0.2, 0) is 19.7 Å². The lowest BCUT2D eigenvalue weighted by Crippen LogP contribution is -2.24. The highest BCUT2D eigenvalue weighted by atomic mass is 16.3. The summed E-state index contributed by atoms with van der Waals surface area (Å²) in [5, 5.41) is 19.4. The summed E-state index contributed by atoms with van der Waals surface area (Å²) in [7, 11) is 7.74. The lowest BCUT2D eigenvalue weighted by molar-refractivity contribution is 0.262. The Balaban J connectivity index is 3.15. The standard InChI is InChI=1S/C14H25N3O3/c1-15(2)6-5-7-17-11(10-18)8-13(19)14(20)12(17)9-16(3)4/h8,18,20H,5-7,9-10H2,1-4H3. The van der Waals surface area contributed by atoms with Crippen molar-refractivity contribution in [2.24, 2.45) is 0 Å². The summed E-state index contributed by atoms with van der Waals surface area (Å²) in [5.74, 6) is -0.222. The molecule has 0 aliphatic heterocycles. The first-order valence-corrected chi connectivity index (χ1v) is 6.71. The molecular weight excluding hydrogens is 258 g/mol. The molecule has 0 atom stereocenters. The second-order valence-electron chi connectivity index (χ2n) is 5.50. The predicted molar refractivity (Wildman–Crippen MR) is 78.9 cm³/mol. The Kier molecular flexibility index (Phi) is 6.19. The van der Waals surface area contributed by atoms with E-state index < -0.39 is 5.43 Å². The minimum Gasteiger partial charge on any atom is -0.503 e. The average molecular weight is 283 g/mol. The minimum atomic E-state index is -0.435. The molecule has 6 heteroatoms. The highest BCUT2D eigenvalue weighted by molar-refractivity contribution is 5.30. The molecule has 0 aliphatic carbocycles. The molecule has 0 unspecified atom stereocenters. The molecule has 1 rings (SSSR count). The van der Waals surface area contributed by atoms with E-state index in [2.05, 4.69) is 4.90 Å². The highest BCUT2D eigenvalue weighted by Crippen LogP contribution is 2.17. The Labute approximate surface area is 119 Å². The zero-order valence-electron chi connectivity index (χ0n) is 12.8. The molecule has 1 aromatic rings. The van der Waals surface area contributed by atoms with Crippen molar-refractivity contribution in [2.45, 2.75) is 26.1 Å². The van der Waals surface area contributed by atoms with Crippen molar-refractivity contribution < 1.29 is 10.2 Å². The average Bonchev–Trinajstić information content (AvgIpc) is 2.36. The molecule has 0 aliphatic rings. The molecule has 114 valence electrons. The van der Waals surface area contributed by atoms with E-state index in [9.17, 15) is 15.0 Å². The number of hydrogen-bond acceptors (Lipinski definition) is 5. The molecule has 0 saturated heterocycles. The van der Waals surface area contributed by atoms with Crippen molar-refractivity contribution in [3.63, 3.8) is 0 Å². The lowest BCUT2D eigenvalue weighted by Gasteiger charge is -2.21. The predicted octanol–water partition coefficient (Wildman–Crippen LogP) is 0.0595. The van der Waals surface area contributed by atoms with Crippen LogP contribution in [0.25, 0.3) is 0 Å². The van der Waals surface area contributed by atoms with Gasteiger partial charge in [-0.25, -0.2) is 0 Å². The number of nitrogens with zero attached hydrogens (tertiary/aromatic N) is 3. The van der Waals surface area contributed by atoms with E-state index in [0.717, 1.165) is 13.0 Å². The number of aliphatic hydroxyl groups is 1. The second kappa shape index (κ2) is 7.42. The number of pyridine rings is 1. The molecule has 0 spiro atoms. The van der Waals surface area contributed by atoms with Gasteiger partial charge in [-0.15, -0.1) is 0 Å². The third kappa shape index (κ3) is 4.33. The van der Waals surface area contributed by atoms with Crippen molar-refractivity contribution in [3.8, 4) is 5.75 Å². The zero-order valence-corrected chi connectivity index (χ0v) is 12.8. The fraction of sp³-hybridized carbons (Fsp3) is 0.643. The molecule has 1 aromatic heterocycles. The van der Waals surface area contributed by atoms with Crippen LogP contribution < -0.4 is 5.43 Å². The first-order valence-electron chi connectivity index (χ1n) is 6.71. The Morgan fingerprint density at radius 1 is 1.20 bits per heavy atom. The summed E-state index contributed by atoms with van der Waals surface area (Å²) in [5.41, 5.74) is 0.670. The normalized spacial score (nSPS) is 11.6. The maximum Gasteiger partial charge on any atom is 0.223 e. The molecular formula is C14H25N3O3. The summed E-state index contributed by atoms with van der Waals surface area (Å²) < 4.78 is 1.85. The summed E-state index contributed by atoms with van der Waals surface area (Å²) in [6.07, 6.45) is 0.878. The van der Waals surface area contributed by atoms with Gasteiger partial charge in [-0.3, -0.25) is 4.79 Å². The van der Waals surface area contributed by atoms with Gasteiger partial charge >= 0.3 is 0 Å². The molecule has 20 heavy (non-hydrogen) atoms. The van der Waals surface area contributed by atoms with Gasteiger partial charge in [0, 0.05) is 24.8 Å². The van der Waals surface area contributed by atoms with Crippen molar-refractivity contribution in [1.29, 1.82) is 0 Å². The minimum absolute atomic E-state index is 0.210. The summed E-state index contributed by atoms with van der Waals surface area (Å²) in [4.78, 5) is 15.7. The molecule has 0 bridgehead atoms. The van der Waals surface area contributed by atoms with Crippen molar-refractivity contribution in [1.82, 2.24) is 14.4 Å². The molecule has 1 heterocycles.